The number of aromatic nitrogens is 3. The molecule has 28 heavy (non-hydrogen) atoms. The second kappa shape index (κ2) is 7.35. The van der Waals surface area contributed by atoms with Gasteiger partial charge in [0.2, 0.25) is 5.91 Å². The minimum atomic E-state index is -0.434. The topological polar surface area (TPSA) is 112 Å². The number of fused-ring (bicyclic) bond motifs is 3. The third-order valence-electron chi connectivity index (χ3n) is 4.25. The molecule has 3 aromatic rings. The molecule has 0 saturated carbocycles. The molecule has 0 aliphatic carbocycles. The van der Waals surface area contributed by atoms with Crippen LogP contribution in [0.15, 0.2) is 53.3 Å². The molecule has 1 atom stereocenters. The summed E-state index contributed by atoms with van der Waals surface area (Å²) >= 11 is 1.28. The smallest absolute Gasteiger partial charge is 0.300 e. The van der Waals surface area contributed by atoms with Gasteiger partial charge in [-0.2, -0.15) is 10.1 Å². The summed E-state index contributed by atoms with van der Waals surface area (Å²) in [6, 6.07) is 14.5. The molecule has 0 bridgehead atoms. The second-order valence-electron chi connectivity index (χ2n) is 6.08. The number of amides is 1. The van der Waals surface area contributed by atoms with E-state index in [1.165, 1.54) is 11.8 Å². The Morgan fingerprint density at radius 3 is 2.71 bits per heavy atom. The number of thioether (sulfide) groups is 1. The fourth-order valence-electron chi connectivity index (χ4n) is 2.95. The normalized spacial score (nSPS) is 14.5. The van der Waals surface area contributed by atoms with Gasteiger partial charge in [-0.25, -0.2) is 4.68 Å². The van der Waals surface area contributed by atoms with Crippen molar-refractivity contribution in [2.75, 3.05) is 18.2 Å². The SMILES string of the molecule is COc1ccc(-c2nn3c(nc2=O)-c2ccccc2NC3SCC(N)=O)cc1. The van der Waals surface area contributed by atoms with E-state index in [0.717, 1.165) is 11.3 Å². The average Bonchev–Trinajstić information content (AvgIpc) is 2.71. The van der Waals surface area contributed by atoms with Crippen LogP contribution in [0.5, 0.6) is 5.75 Å². The number of methoxy groups -OCH3 is 1. The number of para-hydroxylation sites is 1. The van der Waals surface area contributed by atoms with Gasteiger partial charge in [-0.15, -0.1) is 11.8 Å². The molecule has 142 valence electrons. The monoisotopic (exact) mass is 395 g/mol. The van der Waals surface area contributed by atoms with Gasteiger partial charge in [0.25, 0.3) is 5.56 Å². The van der Waals surface area contributed by atoms with Crippen molar-refractivity contribution < 1.29 is 9.53 Å². The Morgan fingerprint density at radius 2 is 2.00 bits per heavy atom. The molecule has 9 heteroatoms. The summed E-state index contributed by atoms with van der Waals surface area (Å²) in [6.07, 6.45) is 0. The number of nitrogens with zero attached hydrogens (tertiary/aromatic N) is 3. The van der Waals surface area contributed by atoms with Crippen molar-refractivity contribution in [1.82, 2.24) is 14.8 Å². The number of ether oxygens (including phenoxy) is 1. The van der Waals surface area contributed by atoms with Gasteiger partial charge in [-0.1, -0.05) is 12.1 Å². The predicted octanol–water partition coefficient (Wildman–Crippen LogP) is 2.08. The first-order chi connectivity index (χ1) is 13.6. The lowest BCUT2D eigenvalue weighted by Crippen LogP contribution is -2.30. The maximum atomic E-state index is 12.7. The van der Waals surface area contributed by atoms with Gasteiger partial charge in [0.05, 0.1) is 12.9 Å². The summed E-state index contributed by atoms with van der Waals surface area (Å²) in [5, 5.41) is 7.88. The number of hydrogen-bond acceptors (Lipinski definition) is 7. The van der Waals surface area contributed by atoms with Crippen molar-refractivity contribution in [3.8, 4) is 28.4 Å². The Bertz CT molecular complexity index is 1100. The number of rotatable bonds is 5. The van der Waals surface area contributed by atoms with Gasteiger partial charge in [0.15, 0.2) is 17.0 Å². The molecule has 0 spiro atoms. The highest BCUT2D eigenvalue weighted by Gasteiger charge is 2.27. The Balaban J connectivity index is 1.84. The summed E-state index contributed by atoms with van der Waals surface area (Å²) in [6.45, 7) is 0. The molecule has 1 aromatic heterocycles. The van der Waals surface area contributed by atoms with Gasteiger partial charge < -0.3 is 15.8 Å². The van der Waals surface area contributed by atoms with Crippen LogP contribution < -0.4 is 21.3 Å². The fraction of sp³-hybridized carbons (Fsp3) is 0.158. The molecule has 1 unspecified atom stereocenters. The average molecular weight is 395 g/mol. The van der Waals surface area contributed by atoms with E-state index in [0.29, 0.717) is 17.1 Å². The van der Waals surface area contributed by atoms with Crippen molar-refractivity contribution in [2.45, 2.75) is 5.50 Å². The number of carbonyl (C=O) groups excluding carboxylic acids is 1. The van der Waals surface area contributed by atoms with Crippen LogP contribution in [0.2, 0.25) is 0 Å². The molecule has 1 aliphatic heterocycles. The second-order valence-corrected chi connectivity index (χ2v) is 7.15. The lowest BCUT2D eigenvalue weighted by atomic mass is 10.1. The van der Waals surface area contributed by atoms with Crippen molar-refractivity contribution >= 4 is 23.4 Å². The highest BCUT2D eigenvalue weighted by molar-refractivity contribution is 8.00. The molecule has 0 fully saturated rings. The number of anilines is 1. The van der Waals surface area contributed by atoms with Crippen LogP contribution in [0.4, 0.5) is 5.69 Å². The number of benzene rings is 2. The lowest BCUT2D eigenvalue weighted by molar-refractivity contribution is -0.115. The summed E-state index contributed by atoms with van der Waals surface area (Å²) in [5.41, 5.74) is 6.88. The molecule has 2 heterocycles. The van der Waals surface area contributed by atoms with Crippen molar-refractivity contribution in [3.63, 3.8) is 0 Å². The van der Waals surface area contributed by atoms with Crippen LogP contribution in [-0.2, 0) is 4.79 Å². The first-order valence-corrected chi connectivity index (χ1v) is 9.53. The zero-order valence-electron chi connectivity index (χ0n) is 15.0. The Morgan fingerprint density at radius 1 is 1.25 bits per heavy atom. The largest absolute Gasteiger partial charge is 0.497 e. The third-order valence-corrected chi connectivity index (χ3v) is 5.34. The number of nitrogens with two attached hydrogens (primary N) is 1. The molecule has 1 amide bonds. The molecular weight excluding hydrogens is 378 g/mol. The number of nitrogens with one attached hydrogen (secondary N) is 1. The van der Waals surface area contributed by atoms with Crippen LogP contribution in [0.1, 0.15) is 5.50 Å². The van der Waals surface area contributed by atoms with Crippen LogP contribution in [-0.4, -0.2) is 33.5 Å². The minimum Gasteiger partial charge on any atom is -0.497 e. The summed E-state index contributed by atoms with van der Waals surface area (Å²) in [4.78, 5) is 28.3. The standard InChI is InChI=1S/C19H17N5O3S/c1-27-12-8-6-11(7-9-12)16-18(26)22-17-13-4-2-3-5-14(13)21-19(24(17)23-16)28-10-15(20)25/h2-9,19,21H,10H2,1H3,(H2,20,25). The lowest BCUT2D eigenvalue weighted by Gasteiger charge is -2.29. The fourth-order valence-corrected chi connectivity index (χ4v) is 3.77. The highest BCUT2D eigenvalue weighted by atomic mass is 32.2. The molecule has 8 nitrogen and oxygen atoms in total. The van der Waals surface area contributed by atoms with Crippen LogP contribution in [0.3, 0.4) is 0 Å². The summed E-state index contributed by atoms with van der Waals surface area (Å²) < 4.78 is 6.78. The molecule has 4 rings (SSSR count). The van der Waals surface area contributed by atoms with E-state index in [4.69, 9.17) is 10.5 Å². The van der Waals surface area contributed by atoms with Crippen LogP contribution >= 0.6 is 11.8 Å². The van der Waals surface area contributed by atoms with E-state index in [9.17, 15) is 9.59 Å². The number of carbonyl (C=O) groups is 1. The van der Waals surface area contributed by atoms with Crippen molar-refractivity contribution in [1.29, 1.82) is 0 Å². The number of hydrogen-bond donors (Lipinski definition) is 2. The summed E-state index contributed by atoms with van der Waals surface area (Å²) in [5.74, 6) is 0.792. The molecule has 3 N–H and O–H groups in total. The highest BCUT2D eigenvalue weighted by Crippen LogP contribution is 2.38. The molecule has 1 aliphatic rings. The molecule has 0 radical (unpaired) electrons. The first-order valence-electron chi connectivity index (χ1n) is 8.48. The summed E-state index contributed by atoms with van der Waals surface area (Å²) in [7, 11) is 1.58. The quantitative estimate of drug-likeness (QED) is 0.680. The van der Waals surface area contributed by atoms with E-state index in [1.54, 1.807) is 36.1 Å². The van der Waals surface area contributed by atoms with Gasteiger partial charge in [0.1, 0.15) is 5.75 Å². The van der Waals surface area contributed by atoms with E-state index in [2.05, 4.69) is 15.4 Å². The molecule has 0 saturated heterocycles. The Hall–Kier alpha value is -3.33. The molecular formula is C19H17N5O3S. The van der Waals surface area contributed by atoms with Gasteiger partial charge >= 0.3 is 0 Å². The van der Waals surface area contributed by atoms with Crippen LogP contribution in [0, 0.1) is 0 Å². The van der Waals surface area contributed by atoms with Crippen LogP contribution in [0.25, 0.3) is 22.6 Å². The van der Waals surface area contributed by atoms with Gasteiger partial charge in [-0.05, 0) is 36.4 Å². The van der Waals surface area contributed by atoms with E-state index < -0.39 is 17.0 Å². The van der Waals surface area contributed by atoms with Gasteiger partial charge in [0, 0.05) is 16.8 Å². The number of primary amides is 1. The van der Waals surface area contributed by atoms with E-state index in [1.807, 2.05) is 24.3 Å². The maximum absolute atomic E-state index is 12.7. The zero-order chi connectivity index (χ0) is 19.7. The van der Waals surface area contributed by atoms with E-state index in [-0.39, 0.29) is 11.4 Å². The van der Waals surface area contributed by atoms with Crippen molar-refractivity contribution in [2.24, 2.45) is 5.73 Å². The predicted molar refractivity (Wildman–Crippen MR) is 108 cm³/mol. The Kier molecular flexibility index (Phi) is 4.74. The molecule has 2 aromatic carbocycles. The minimum absolute atomic E-state index is 0.102. The van der Waals surface area contributed by atoms with E-state index >= 15 is 0 Å². The third kappa shape index (κ3) is 3.31. The van der Waals surface area contributed by atoms with Gasteiger partial charge in [-0.3, -0.25) is 9.59 Å². The first kappa shape index (κ1) is 18.1. The van der Waals surface area contributed by atoms with Crippen molar-refractivity contribution in [3.05, 3.63) is 58.9 Å². The maximum Gasteiger partial charge on any atom is 0.300 e. The zero-order valence-corrected chi connectivity index (χ0v) is 15.8. The Labute approximate surface area is 164 Å².